The van der Waals surface area contributed by atoms with Gasteiger partial charge in [-0.3, -0.25) is 0 Å². The smallest absolute Gasteiger partial charge is 0.0752 e. The molecule has 0 unspecified atom stereocenters. The van der Waals surface area contributed by atoms with Crippen molar-refractivity contribution >= 4 is 5.97 Å². The molecule has 0 radical (unpaired) electrons. The highest BCUT2D eigenvalue weighted by molar-refractivity contribution is 5.63. The Bertz CT molecular complexity index is 284. The Morgan fingerprint density at radius 1 is 0.704 bits per heavy atom. The maximum Gasteiger partial charge on any atom is 0.0752 e. The molecule has 0 amide bonds. The van der Waals surface area contributed by atoms with Crippen LogP contribution in [0.25, 0.3) is 0 Å². The van der Waals surface area contributed by atoms with E-state index in [4.69, 9.17) is 0 Å². The van der Waals surface area contributed by atoms with Gasteiger partial charge in [0.05, 0.1) is 6.54 Å². The molecule has 0 bridgehead atoms. The maximum atomic E-state index is 10.2. The lowest BCUT2D eigenvalue weighted by molar-refractivity contribution is -0.368. The third-order valence-electron chi connectivity index (χ3n) is 4.84. The standard InChI is InChI=1S/C18H36O2.C5H14N2/c1-2-3-4-5-6-7-8-9-10-11-12-13-14-15-16-17-18(19)20;1-7(2)5-3-4-6/h2-17H2,1H3,(H,19,20);3-6H2,1-2H3. The summed E-state index contributed by atoms with van der Waals surface area (Å²) < 4.78 is 0. The molecule has 0 aromatic carbocycles. The first-order chi connectivity index (χ1) is 13.0. The summed E-state index contributed by atoms with van der Waals surface area (Å²) in [4.78, 5) is 12.4. The minimum absolute atomic E-state index is 0.234. The lowest BCUT2D eigenvalue weighted by Gasteiger charge is -2.04. The van der Waals surface area contributed by atoms with Gasteiger partial charge in [-0.05, 0) is 26.9 Å². The van der Waals surface area contributed by atoms with E-state index in [0.29, 0.717) is 0 Å². The second-order valence-electron chi connectivity index (χ2n) is 8.08. The highest BCUT2D eigenvalue weighted by atomic mass is 16.4. The number of hydrogen-bond donors (Lipinski definition) is 1. The van der Waals surface area contributed by atoms with Gasteiger partial charge in [-0.1, -0.05) is 96.8 Å². The quantitative estimate of drug-likeness (QED) is 0.339. The van der Waals surface area contributed by atoms with Gasteiger partial charge in [-0.25, -0.2) is 0 Å². The van der Waals surface area contributed by atoms with Gasteiger partial charge in [0.1, 0.15) is 0 Å². The molecule has 0 saturated carbocycles. The van der Waals surface area contributed by atoms with Crippen LogP contribution in [0.4, 0.5) is 0 Å². The fourth-order valence-electron chi connectivity index (χ4n) is 3.07. The van der Waals surface area contributed by atoms with Crippen LogP contribution < -0.4 is 10.8 Å². The molecule has 0 fully saturated rings. The third kappa shape index (κ3) is 33.4. The van der Waals surface area contributed by atoms with E-state index in [1.165, 1.54) is 96.4 Å². The molecule has 0 aliphatic carbocycles. The van der Waals surface area contributed by atoms with Gasteiger partial charge in [-0.2, -0.15) is 0 Å². The fourth-order valence-corrected chi connectivity index (χ4v) is 3.07. The van der Waals surface area contributed by atoms with E-state index in [2.05, 4.69) is 31.7 Å². The number of carbonyl (C=O) groups is 1. The Kier molecular flexibility index (Phi) is 26.9. The summed E-state index contributed by atoms with van der Waals surface area (Å²) in [5.74, 6) is -0.903. The van der Waals surface area contributed by atoms with Crippen LogP contribution in [0.15, 0.2) is 0 Å². The Balaban J connectivity index is 0. The molecule has 3 N–H and O–H groups in total. The molecule has 0 aliphatic rings. The first-order valence-corrected chi connectivity index (χ1v) is 11.7. The SMILES string of the molecule is CCCCCCCCCCCCCCCCCC(=O)[O-].CN(C)CCC[NH3+]. The molecule has 0 spiro atoms. The molecule has 0 atom stereocenters. The molecule has 0 aromatic heterocycles. The van der Waals surface area contributed by atoms with Crippen LogP contribution in [0.2, 0.25) is 0 Å². The minimum atomic E-state index is -0.903. The Hall–Kier alpha value is -0.610. The Labute approximate surface area is 170 Å². The summed E-state index contributed by atoms with van der Waals surface area (Å²) in [6.45, 7) is 4.49. The number of aliphatic carboxylic acids is 1. The van der Waals surface area contributed by atoms with E-state index in [0.717, 1.165) is 19.4 Å². The minimum Gasteiger partial charge on any atom is -0.550 e. The average molecular weight is 387 g/mol. The van der Waals surface area contributed by atoms with Gasteiger partial charge in [0, 0.05) is 18.9 Å². The van der Waals surface area contributed by atoms with E-state index in [1.807, 2.05) is 0 Å². The normalized spacial score (nSPS) is 10.7. The van der Waals surface area contributed by atoms with Crippen LogP contribution in [0.1, 0.15) is 116 Å². The summed E-state index contributed by atoms with van der Waals surface area (Å²) in [5.41, 5.74) is 3.73. The van der Waals surface area contributed by atoms with Crippen LogP contribution >= 0.6 is 0 Å². The number of carboxylic acids is 1. The van der Waals surface area contributed by atoms with Crippen molar-refractivity contribution in [2.24, 2.45) is 0 Å². The summed E-state index contributed by atoms with van der Waals surface area (Å²) in [6, 6.07) is 0. The average Bonchev–Trinajstić information content (AvgIpc) is 2.63. The second-order valence-corrected chi connectivity index (χ2v) is 8.08. The van der Waals surface area contributed by atoms with Crippen molar-refractivity contribution in [3.63, 3.8) is 0 Å². The van der Waals surface area contributed by atoms with Crippen molar-refractivity contribution in [1.29, 1.82) is 0 Å². The number of hydrogen-bond acceptors (Lipinski definition) is 3. The van der Waals surface area contributed by atoms with Crippen molar-refractivity contribution in [2.75, 3.05) is 27.2 Å². The third-order valence-corrected chi connectivity index (χ3v) is 4.84. The Morgan fingerprint density at radius 3 is 1.33 bits per heavy atom. The highest BCUT2D eigenvalue weighted by Crippen LogP contribution is 2.13. The molecule has 164 valence electrons. The molecule has 0 rings (SSSR count). The van der Waals surface area contributed by atoms with Crippen molar-refractivity contribution < 1.29 is 15.6 Å². The van der Waals surface area contributed by atoms with Gasteiger partial charge in [-0.15, -0.1) is 0 Å². The second kappa shape index (κ2) is 25.4. The van der Waals surface area contributed by atoms with Crippen molar-refractivity contribution in [3.05, 3.63) is 0 Å². The van der Waals surface area contributed by atoms with Gasteiger partial charge in [0.25, 0.3) is 0 Å². The zero-order valence-corrected chi connectivity index (χ0v) is 18.9. The molecule has 0 aromatic rings. The lowest BCUT2D eigenvalue weighted by atomic mass is 10.0. The van der Waals surface area contributed by atoms with Gasteiger partial charge in [0.15, 0.2) is 0 Å². The Morgan fingerprint density at radius 2 is 1.07 bits per heavy atom. The number of quaternary nitrogens is 1. The zero-order chi connectivity index (χ0) is 20.6. The molecule has 0 aliphatic heterocycles. The first kappa shape index (κ1) is 28.6. The number of carboxylic acid groups (broad SMARTS) is 1. The van der Waals surface area contributed by atoms with E-state index in [-0.39, 0.29) is 6.42 Å². The molecular weight excluding hydrogens is 336 g/mol. The van der Waals surface area contributed by atoms with Crippen molar-refractivity contribution in [3.8, 4) is 0 Å². The van der Waals surface area contributed by atoms with E-state index in [9.17, 15) is 9.90 Å². The molecule has 0 saturated heterocycles. The van der Waals surface area contributed by atoms with Crippen LogP contribution in [0, 0.1) is 0 Å². The first-order valence-electron chi connectivity index (χ1n) is 11.7. The van der Waals surface area contributed by atoms with Gasteiger partial charge in [0.2, 0.25) is 0 Å². The number of rotatable bonds is 19. The zero-order valence-electron chi connectivity index (χ0n) is 18.9. The molecule has 4 nitrogen and oxygen atoms in total. The molecule has 0 heterocycles. The van der Waals surface area contributed by atoms with E-state index < -0.39 is 5.97 Å². The fraction of sp³-hybridized carbons (Fsp3) is 0.957. The molecule has 4 heteroatoms. The number of unbranched alkanes of at least 4 members (excludes halogenated alkanes) is 14. The van der Waals surface area contributed by atoms with Crippen LogP contribution in [-0.4, -0.2) is 38.1 Å². The van der Waals surface area contributed by atoms with E-state index in [1.54, 1.807) is 0 Å². The highest BCUT2D eigenvalue weighted by Gasteiger charge is 1.94. The maximum absolute atomic E-state index is 10.2. The largest absolute Gasteiger partial charge is 0.550 e. The van der Waals surface area contributed by atoms with Crippen molar-refractivity contribution in [1.82, 2.24) is 4.90 Å². The van der Waals surface area contributed by atoms with Crippen molar-refractivity contribution in [2.45, 2.75) is 116 Å². The topological polar surface area (TPSA) is 71.0 Å². The predicted molar refractivity (Wildman–Crippen MR) is 115 cm³/mol. The summed E-state index contributed by atoms with van der Waals surface area (Å²) in [6.07, 6.45) is 21.1. The predicted octanol–water partition coefficient (Wildman–Crippen LogP) is 4.18. The molecule has 27 heavy (non-hydrogen) atoms. The number of carbonyl (C=O) groups excluding carboxylic acids is 1. The van der Waals surface area contributed by atoms with Gasteiger partial charge < -0.3 is 20.5 Å². The summed E-state index contributed by atoms with van der Waals surface area (Å²) in [5, 5.41) is 10.2. The number of nitrogens with zero attached hydrogens (tertiary/aromatic N) is 1. The van der Waals surface area contributed by atoms with Crippen LogP contribution in [0.5, 0.6) is 0 Å². The van der Waals surface area contributed by atoms with E-state index >= 15 is 0 Å². The van der Waals surface area contributed by atoms with Crippen LogP contribution in [0.3, 0.4) is 0 Å². The lowest BCUT2D eigenvalue weighted by Crippen LogP contribution is -2.50. The summed E-state index contributed by atoms with van der Waals surface area (Å²) >= 11 is 0. The van der Waals surface area contributed by atoms with Gasteiger partial charge >= 0.3 is 0 Å². The summed E-state index contributed by atoms with van der Waals surface area (Å²) in [7, 11) is 4.16. The molecular formula is C23H50N2O2. The monoisotopic (exact) mass is 386 g/mol. The van der Waals surface area contributed by atoms with Crippen LogP contribution in [-0.2, 0) is 4.79 Å².